The van der Waals surface area contributed by atoms with Crippen molar-refractivity contribution in [3.05, 3.63) is 29.8 Å². The first kappa shape index (κ1) is 19.2. The maximum atomic E-state index is 12.6. The number of hydrogen-bond donors (Lipinski definition) is 0. The molecule has 0 aliphatic heterocycles. The second-order valence-corrected chi connectivity index (χ2v) is 8.07. The van der Waals surface area contributed by atoms with Gasteiger partial charge in [0.25, 0.3) is 0 Å². The van der Waals surface area contributed by atoms with Gasteiger partial charge in [-0.25, -0.2) is 0 Å². The zero-order chi connectivity index (χ0) is 18.7. The highest BCUT2D eigenvalue weighted by Gasteiger charge is 2.33. The van der Waals surface area contributed by atoms with Crippen molar-refractivity contribution >= 4 is 5.97 Å². The molecule has 0 heterocycles. The molecule has 2 saturated carbocycles. The number of ether oxygens (including phenoxy) is 1. The molecule has 0 atom stereocenters. The van der Waals surface area contributed by atoms with Crippen LogP contribution in [0, 0.1) is 23.7 Å². The summed E-state index contributed by atoms with van der Waals surface area (Å²) in [5, 5.41) is 0. The second-order valence-electron chi connectivity index (χ2n) is 8.07. The molecule has 0 N–H and O–H groups in total. The first-order chi connectivity index (χ1) is 12.3. The Balaban J connectivity index is 1.48. The van der Waals surface area contributed by atoms with E-state index >= 15 is 0 Å². The summed E-state index contributed by atoms with van der Waals surface area (Å²) in [6, 6.07) is 4.33. The molecule has 144 valence electrons. The fraction of sp³-hybridized carbons (Fsp3) is 0.667. The number of carbonyl (C=O) groups excluding carboxylic acids is 1. The van der Waals surface area contributed by atoms with Gasteiger partial charge in [0.2, 0.25) is 0 Å². The fourth-order valence-corrected chi connectivity index (χ4v) is 4.50. The maximum Gasteiger partial charge on any atom is 0.416 e. The van der Waals surface area contributed by atoms with Gasteiger partial charge in [-0.3, -0.25) is 4.79 Å². The van der Waals surface area contributed by atoms with Gasteiger partial charge in [0.05, 0.1) is 11.5 Å². The van der Waals surface area contributed by atoms with Gasteiger partial charge in [-0.05, 0) is 80.5 Å². The molecule has 0 amide bonds. The molecule has 0 bridgehead atoms. The van der Waals surface area contributed by atoms with E-state index in [4.69, 9.17) is 4.74 Å². The molecule has 2 fully saturated rings. The van der Waals surface area contributed by atoms with Crippen molar-refractivity contribution in [1.82, 2.24) is 0 Å². The molecular formula is C21H27F3O2. The Morgan fingerprint density at radius 3 is 1.88 bits per heavy atom. The van der Waals surface area contributed by atoms with E-state index in [1.165, 1.54) is 37.8 Å². The summed E-state index contributed by atoms with van der Waals surface area (Å²) >= 11 is 0. The lowest BCUT2D eigenvalue weighted by atomic mass is 9.69. The summed E-state index contributed by atoms with van der Waals surface area (Å²) in [7, 11) is 0. The largest absolute Gasteiger partial charge is 0.426 e. The number of rotatable bonds is 3. The Morgan fingerprint density at radius 2 is 1.38 bits per heavy atom. The molecule has 0 aromatic heterocycles. The Kier molecular flexibility index (Phi) is 5.93. The maximum absolute atomic E-state index is 12.6. The molecular weight excluding hydrogens is 341 g/mol. The van der Waals surface area contributed by atoms with Crippen LogP contribution in [-0.2, 0) is 11.0 Å². The minimum Gasteiger partial charge on any atom is -0.426 e. The lowest BCUT2D eigenvalue weighted by Crippen LogP contribution is -2.29. The van der Waals surface area contributed by atoms with E-state index in [-0.39, 0.29) is 17.6 Å². The monoisotopic (exact) mass is 368 g/mol. The minimum absolute atomic E-state index is 0.129. The molecule has 26 heavy (non-hydrogen) atoms. The summed E-state index contributed by atoms with van der Waals surface area (Å²) in [5.41, 5.74) is -0.736. The van der Waals surface area contributed by atoms with Gasteiger partial charge in [-0.2, -0.15) is 13.2 Å². The predicted molar refractivity (Wildman–Crippen MR) is 93.6 cm³/mol. The molecule has 1 aromatic rings. The van der Waals surface area contributed by atoms with Crippen LogP contribution >= 0.6 is 0 Å². The van der Waals surface area contributed by atoms with Crippen LogP contribution in [0.4, 0.5) is 13.2 Å². The zero-order valence-corrected chi connectivity index (χ0v) is 15.2. The first-order valence-electron chi connectivity index (χ1n) is 9.72. The molecule has 1 aromatic carbocycles. The third-order valence-corrected chi connectivity index (χ3v) is 6.23. The van der Waals surface area contributed by atoms with Crippen LogP contribution in [0.25, 0.3) is 0 Å². The third kappa shape index (κ3) is 4.80. The van der Waals surface area contributed by atoms with E-state index in [1.54, 1.807) is 0 Å². The standard InChI is InChI=1S/C21H27F3O2/c1-14-2-4-15(5-3-14)16-6-8-17(9-7-16)20(25)26-19-12-10-18(11-13-19)21(22,23)24/h10-17H,2-9H2,1H3. The number of esters is 1. The van der Waals surface area contributed by atoms with Crippen molar-refractivity contribution in [1.29, 1.82) is 0 Å². The van der Waals surface area contributed by atoms with Gasteiger partial charge in [-0.15, -0.1) is 0 Å². The zero-order valence-electron chi connectivity index (χ0n) is 15.2. The van der Waals surface area contributed by atoms with Crippen molar-refractivity contribution in [3.8, 4) is 5.75 Å². The van der Waals surface area contributed by atoms with Crippen molar-refractivity contribution in [2.45, 2.75) is 64.5 Å². The molecule has 2 aliphatic rings. The number of alkyl halides is 3. The van der Waals surface area contributed by atoms with E-state index in [0.717, 1.165) is 55.6 Å². The first-order valence-corrected chi connectivity index (χ1v) is 9.72. The second kappa shape index (κ2) is 8.01. The van der Waals surface area contributed by atoms with Gasteiger partial charge in [0.1, 0.15) is 5.75 Å². The van der Waals surface area contributed by atoms with Gasteiger partial charge in [0.15, 0.2) is 0 Å². The Hall–Kier alpha value is -1.52. The fourth-order valence-electron chi connectivity index (χ4n) is 4.50. The van der Waals surface area contributed by atoms with Gasteiger partial charge in [-0.1, -0.05) is 19.8 Å². The molecule has 2 aliphatic carbocycles. The van der Waals surface area contributed by atoms with Crippen LogP contribution < -0.4 is 4.74 Å². The van der Waals surface area contributed by atoms with Gasteiger partial charge < -0.3 is 4.74 Å². The SMILES string of the molecule is CC1CCC(C2CCC(C(=O)Oc3ccc(C(F)(F)F)cc3)CC2)CC1. The van der Waals surface area contributed by atoms with Gasteiger partial charge >= 0.3 is 12.1 Å². The summed E-state index contributed by atoms with van der Waals surface area (Å²) in [6.45, 7) is 2.32. The third-order valence-electron chi connectivity index (χ3n) is 6.23. The summed E-state index contributed by atoms with van der Waals surface area (Å²) in [6.07, 6.45) is 4.67. The van der Waals surface area contributed by atoms with Crippen molar-refractivity contribution in [3.63, 3.8) is 0 Å². The predicted octanol–water partition coefficient (Wildman–Crippen LogP) is 6.24. The van der Waals surface area contributed by atoms with Crippen LogP contribution in [0.1, 0.15) is 63.9 Å². The Bertz CT molecular complexity index is 593. The van der Waals surface area contributed by atoms with Crippen molar-refractivity contribution in [2.75, 3.05) is 0 Å². The van der Waals surface area contributed by atoms with E-state index in [9.17, 15) is 18.0 Å². The summed E-state index contributed by atoms with van der Waals surface area (Å²) < 4.78 is 43.0. The average molecular weight is 368 g/mol. The normalized spacial score (nSPS) is 30.0. The number of hydrogen-bond acceptors (Lipinski definition) is 2. The summed E-state index contributed by atoms with van der Waals surface area (Å²) in [5.74, 6) is 2.12. The topological polar surface area (TPSA) is 26.3 Å². The quantitative estimate of drug-likeness (QED) is 0.466. The number of benzene rings is 1. The average Bonchev–Trinajstić information content (AvgIpc) is 2.62. The van der Waals surface area contributed by atoms with Crippen LogP contribution in [0.2, 0.25) is 0 Å². The molecule has 0 radical (unpaired) electrons. The van der Waals surface area contributed by atoms with Crippen LogP contribution in [0.3, 0.4) is 0 Å². The molecule has 0 spiro atoms. The number of carbonyl (C=O) groups is 1. The summed E-state index contributed by atoms with van der Waals surface area (Å²) in [4.78, 5) is 12.3. The van der Waals surface area contributed by atoms with E-state index in [1.807, 2.05) is 0 Å². The van der Waals surface area contributed by atoms with Crippen molar-refractivity contribution in [2.24, 2.45) is 23.7 Å². The molecule has 0 unspecified atom stereocenters. The highest BCUT2D eigenvalue weighted by atomic mass is 19.4. The van der Waals surface area contributed by atoms with E-state index in [0.29, 0.717) is 0 Å². The van der Waals surface area contributed by atoms with Crippen LogP contribution in [0.5, 0.6) is 5.75 Å². The van der Waals surface area contributed by atoms with E-state index < -0.39 is 11.7 Å². The van der Waals surface area contributed by atoms with Crippen LogP contribution in [0.15, 0.2) is 24.3 Å². The highest BCUT2D eigenvalue weighted by Crippen LogP contribution is 2.41. The molecule has 5 heteroatoms. The van der Waals surface area contributed by atoms with Gasteiger partial charge in [0, 0.05) is 0 Å². The lowest BCUT2D eigenvalue weighted by molar-refractivity contribution is -0.140. The Morgan fingerprint density at radius 1 is 0.885 bits per heavy atom. The minimum atomic E-state index is -4.38. The lowest BCUT2D eigenvalue weighted by Gasteiger charge is -2.36. The molecule has 3 rings (SSSR count). The smallest absolute Gasteiger partial charge is 0.416 e. The number of halogens is 3. The Labute approximate surface area is 153 Å². The van der Waals surface area contributed by atoms with E-state index in [2.05, 4.69) is 6.92 Å². The highest BCUT2D eigenvalue weighted by molar-refractivity contribution is 5.75. The van der Waals surface area contributed by atoms with Crippen LogP contribution in [-0.4, -0.2) is 5.97 Å². The van der Waals surface area contributed by atoms with Crippen molar-refractivity contribution < 1.29 is 22.7 Å². The molecule has 2 nitrogen and oxygen atoms in total. The molecule has 0 saturated heterocycles.